The van der Waals surface area contributed by atoms with E-state index < -0.39 is 6.15 Å². The Labute approximate surface area is 246 Å². The predicted octanol–water partition coefficient (Wildman–Crippen LogP) is 8.73. The zero-order valence-electron chi connectivity index (χ0n) is 16.5. The highest BCUT2D eigenvalue weighted by molar-refractivity contribution is 9.11. The molecule has 0 aliphatic rings. The molecule has 0 nitrogen and oxygen atoms in total. The number of halogens is 8. The molecule has 0 bridgehead atoms. The fourth-order valence-corrected chi connectivity index (χ4v) is 8.52. The van der Waals surface area contributed by atoms with E-state index in [1.54, 1.807) is 0 Å². The van der Waals surface area contributed by atoms with E-state index in [9.17, 15) is 0 Å². The molecule has 0 saturated carbocycles. The van der Waals surface area contributed by atoms with Crippen LogP contribution in [0.15, 0.2) is 90.7 Å². The van der Waals surface area contributed by atoms with Gasteiger partial charge in [0.2, 0.25) is 0 Å². The SMILES string of the molecule is Clc1ccc([B-](c2ccc(Cl)cc2Br)(c2ccc(Cl)cc2Br)c2ccc(Cl)cc2Br)c(Br)c1. The van der Waals surface area contributed by atoms with Crippen molar-refractivity contribution >= 4 is 138 Å². The minimum atomic E-state index is -1.80. The molecule has 168 valence electrons. The lowest BCUT2D eigenvalue weighted by atomic mass is 9.13. The van der Waals surface area contributed by atoms with Crippen LogP contribution in [0.3, 0.4) is 0 Å². The summed E-state index contributed by atoms with van der Waals surface area (Å²) < 4.78 is 3.50. The van der Waals surface area contributed by atoms with Crippen molar-refractivity contribution in [3.8, 4) is 0 Å². The van der Waals surface area contributed by atoms with Crippen molar-refractivity contribution in [2.24, 2.45) is 0 Å². The molecule has 4 aromatic rings. The second-order valence-corrected chi connectivity index (χ2v) is 12.7. The molecule has 0 saturated heterocycles. The zero-order chi connectivity index (χ0) is 23.9. The van der Waals surface area contributed by atoms with Crippen LogP contribution in [0.5, 0.6) is 0 Å². The van der Waals surface area contributed by atoms with Crippen LogP contribution in [0.4, 0.5) is 0 Å². The van der Waals surface area contributed by atoms with Crippen molar-refractivity contribution in [3.63, 3.8) is 0 Å². The highest BCUT2D eigenvalue weighted by Gasteiger charge is 2.37. The highest BCUT2D eigenvalue weighted by Crippen LogP contribution is 2.28. The topological polar surface area (TPSA) is 0 Å². The van der Waals surface area contributed by atoms with E-state index in [4.69, 9.17) is 46.4 Å². The minimum absolute atomic E-state index is 0.635. The van der Waals surface area contributed by atoms with E-state index in [0.717, 1.165) is 39.7 Å². The average Bonchev–Trinajstić information content (AvgIpc) is 2.72. The molecule has 0 aliphatic carbocycles. The quantitative estimate of drug-likeness (QED) is 0.182. The molecule has 0 fully saturated rings. The Kier molecular flexibility index (Phi) is 8.35. The van der Waals surface area contributed by atoms with E-state index in [2.05, 4.69) is 88.0 Å². The zero-order valence-corrected chi connectivity index (χ0v) is 25.9. The summed E-state index contributed by atoms with van der Waals surface area (Å²) in [6, 6.07) is 23.4. The summed E-state index contributed by atoms with van der Waals surface area (Å²) in [6.07, 6.45) is -1.80. The van der Waals surface area contributed by atoms with Crippen molar-refractivity contribution in [2.45, 2.75) is 0 Å². The van der Waals surface area contributed by atoms with Gasteiger partial charge in [-0.3, -0.25) is 0 Å². The molecule has 0 spiro atoms. The molecule has 0 aliphatic heterocycles. The highest BCUT2D eigenvalue weighted by atomic mass is 79.9. The normalized spacial score (nSPS) is 11.6. The van der Waals surface area contributed by atoms with Gasteiger partial charge >= 0.3 is 0 Å². The number of hydrogen-bond donors (Lipinski definition) is 0. The molecule has 9 heteroatoms. The van der Waals surface area contributed by atoms with E-state index >= 15 is 0 Å². The summed E-state index contributed by atoms with van der Waals surface area (Å²) in [4.78, 5) is 0. The van der Waals surface area contributed by atoms with Gasteiger partial charge in [0.1, 0.15) is 6.15 Å². The third-order valence-electron chi connectivity index (χ3n) is 5.72. The lowest BCUT2D eigenvalue weighted by molar-refractivity contribution is 1.60. The summed E-state index contributed by atoms with van der Waals surface area (Å²) in [5.41, 5.74) is 4.14. The first-order valence-corrected chi connectivity index (χ1v) is 14.3. The Morgan fingerprint density at radius 1 is 0.394 bits per heavy atom. The van der Waals surface area contributed by atoms with Gasteiger partial charge in [0.05, 0.1) is 0 Å². The molecular weight excluding hydrogens is 761 g/mol. The predicted molar refractivity (Wildman–Crippen MR) is 161 cm³/mol. The lowest BCUT2D eigenvalue weighted by Gasteiger charge is -2.46. The van der Waals surface area contributed by atoms with Crippen LogP contribution in [-0.4, -0.2) is 6.15 Å². The molecule has 0 atom stereocenters. The van der Waals surface area contributed by atoms with Crippen LogP contribution < -0.4 is 21.9 Å². The van der Waals surface area contributed by atoms with E-state index in [1.165, 1.54) is 0 Å². The van der Waals surface area contributed by atoms with Gasteiger partial charge in [0, 0.05) is 20.1 Å². The van der Waals surface area contributed by atoms with Crippen molar-refractivity contribution < 1.29 is 0 Å². The van der Waals surface area contributed by atoms with Gasteiger partial charge in [-0.2, -0.15) is 21.9 Å². The Morgan fingerprint density at radius 2 is 0.606 bits per heavy atom. The monoisotopic (exact) mass is 767 g/mol. The van der Waals surface area contributed by atoms with Crippen LogP contribution >= 0.6 is 110 Å². The van der Waals surface area contributed by atoms with Crippen molar-refractivity contribution in [3.05, 3.63) is 111 Å². The van der Waals surface area contributed by atoms with Crippen LogP contribution in [-0.2, 0) is 0 Å². The number of hydrogen-bond acceptors (Lipinski definition) is 0. The first-order valence-electron chi connectivity index (χ1n) is 9.62. The van der Waals surface area contributed by atoms with Gasteiger partial charge < -0.3 is 0 Å². The average molecular weight is 773 g/mol. The number of benzene rings is 4. The molecule has 0 radical (unpaired) electrons. The molecule has 33 heavy (non-hydrogen) atoms. The molecule has 0 aromatic heterocycles. The fraction of sp³-hybridized carbons (Fsp3) is 0. The Balaban J connectivity index is 2.28. The summed E-state index contributed by atoms with van der Waals surface area (Å²) in [6.45, 7) is 0. The van der Waals surface area contributed by atoms with E-state index in [-0.39, 0.29) is 0 Å². The van der Waals surface area contributed by atoms with Crippen LogP contribution in [0.2, 0.25) is 20.1 Å². The molecule has 4 rings (SSSR count). The Bertz CT molecular complexity index is 1170. The van der Waals surface area contributed by atoms with Gasteiger partial charge in [-0.05, 0) is 66.4 Å². The first kappa shape index (κ1) is 26.1. The standard InChI is InChI=1S/C24H12BBr4Cl4/c26-21-9-13(30)1-5-17(21)25(18-6-2-14(31)10-22(18)27,19-7-3-15(32)11-23(19)28)20-8-4-16(33)12-24(20)29/h1-12H/q-1. The van der Waals surface area contributed by atoms with Crippen LogP contribution in [0, 0.1) is 0 Å². The Hall–Kier alpha value is 0.0249. The summed E-state index contributed by atoms with van der Waals surface area (Å²) in [7, 11) is 0. The minimum Gasteiger partial charge on any atom is -0.181 e. The maximum absolute atomic E-state index is 6.36. The second-order valence-electron chi connectivity index (χ2n) is 7.53. The van der Waals surface area contributed by atoms with E-state index in [0.29, 0.717) is 20.1 Å². The molecule has 0 unspecified atom stereocenters. The van der Waals surface area contributed by atoms with Gasteiger partial charge in [-0.15, -0.1) is 0 Å². The molecule has 0 amide bonds. The smallest absolute Gasteiger partial charge is 0.113 e. The molecule has 0 N–H and O–H groups in total. The van der Waals surface area contributed by atoms with Crippen LogP contribution in [0.25, 0.3) is 0 Å². The van der Waals surface area contributed by atoms with Crippen molar-refractivity contribution in [1.29, 1.82) is 0 Å². The summed E-state index contributed by atoms with van der Waals surface area (Å²) in [5, 5.41) is 2.54. The lowest BCUT2D eigenvalue weighted by Crippen LogP contribution is -2.76. The van der Waals surface area contributed by atoms with Gasteiger partial charge in [0.25, 0.3) is 0 Å². The fourth-order valence-electron chi connectivity index (χ4n) is 4.42. The van der Waals surface area contributed by atoms with Gasteiger partial charge in [0.15, 0.2) is 0 Å². The first-order chi connectivity index (χ1) is 15.6. The Morgan fingerprint density at radius 3 is 0.788 bits per heavy atom. The third kappa shape index (κ3) is 5.00. The largest absolute Gasteiger partial charge is 0.181 e. The number of rotatable bonds is 4. The van der Waals surface area contributed by atoms with Gasteiger partial charge in [-0.1, -0.05) is 134 Å². The maximum Gasteiger partial charge on any atom is 0.113 e. The van der Waals surface area contributed by atoms with E-state index in [1.807, 2.05) is 48.5 Å². The molecule has 4 aromatic carbocycles. The van der Waals surface area contributed by atoms with Crippen molar-refractivity contribution in [2.75, 3.05) is 0 Å². The summed E-state index contributed by atoms with van der Waals surface area (Å²) >= 11 is 40.6. The van der Waals surface area contributed by atoms with Crippen LogP contribution in [0.1, 0.15) is 0 Å². The third-order valence-corrected chi connectivity index (χ3v) is 9.40. The second kappa shape index (κ2) is 10.6. The summed E-state index contributed by atoms with van der Waals surface area (Å²) in [5.74, 6) is 0. The van der Waals surface area contributed by atoms with Crippen molar-refractivity contribution in [1.82, 2.24) is 0 Å². The molecule has 0 heterocycles. The van der Waals surface area contributed by atoms with Gasteiger partial charge in [-0.25, -0.2) is 0 Å². The maximum atomic E-state index is 6.36. The molecular formula is C24H12BBr4Cl4-.